The van der Waals surface area contributed by atoms with E-state index in [1.165, 1.54) is 12.0 Å². The summed E-state index contributed by atoms with van der Waals surface area (Å²) in [4.78, 5) is 11.6. The second kappa shape index (κ2) is 9.41. The molecule has 1 N–H and O–H groups in total. The van der Waals surface area contributed by atoms with Crippen LogP contribution in [0.5, 0.6) is 0 Å². The number of aryl methyl sites for hydroxylation is 2. The van der Waals surface area contributed by atoms with Gasteiger partial charge in [-0.05, 0) is 38.7 Å². The molecular formula is C21H31N5. The number of rotatable bonds is 7. The maximum Gasteiger partial charge on any atom is 0.193 e. The van der Waals surface area contributed by atoms with Gasteiger partial charge in [0.1, 0.15) is 5.82 Å². The molecule has 0 spiro atoms. The Bertz CT molecular complexity index is 691. The first-order chi connectivity index (χ1) is 12.8. The van der Waals surface area contributed by atoms with E-state index >= 15 is 0 Å². The van der Waals surface area contributed by atoms with Crippen molar-refractivity contribution < 1.29 is 0 Å². The zero-order valence-electron chi connectivity index (χ0n) is 16.1. The SMILES string of the molecule is CCNC(=NCCCCn1ccnc1C)N1CCC(c2ccccc2)C1. The Hall–Kier alpha value is -2.30. The van der Waals surface area contributed by atoms with Crippen molar-refractivity contribution in [3.8, 4) is 0 Å². The molecule has 26 heavy (non-hydrogen) atoms. The largest absolute Gasteiger partial charge is 0.357 e. The Morgan fingerprint density at radius 1 is 1.27 bits per heavy atom. The molecule has 140 valence electrons. The number of nitrogens with one attached hydrogen (secondary N) is 1. The summed E-state index contributed by atoms with van der Waals surface area (Å²) in [6.45, 7) is 9.16. The van der Waals surface area contributed by atoms with E-state index in [1.54, 1.807) is 0 Å². The van der Waals surface area contributed by atoms with Crippen LogP contribution in [0.25, 0.3) is 0 Å². The molecule has 0 radical (unpaired) electrons. The molecule has 0 amide bonds. The van der Waals surface area contributed by atoms with Crippen LogP contribution < -0.4 is 5.32 Å². The molecule has 1 atom stereocenters. The van der Waals surface area contributed by atoms with Gasteiger partial charge in [0.25, 0.3) is 0 Å². The zero-order chi connectivity index (χ0) is 18.2. The fourth-order valence-corrected chi connectivity index (χ4v) is 3.59. The van der Waals surface area contributed by atoms with E-state index in [9.17, 15) is 0 Å². The number of aliphatic imine (C=N–C) groups is 1. The fourth-order valence-electron chi connectivity index (χ4n) is 3.59. The van der Waals surface area contributed by atoms with E-state index in [-0.39, 0.29) is 0 Å². The maximum atomic E-state index is 4.87. The van der Waals surface area contributed by atoms with Gasteiger partial charge in [-0.15, -0.1) is 0 Å². The molecule has 0 saturated carbocycles. The van der Waals surface area contributed by atoms with Crippen molar-refractivity contribution in [3.05, 3.63) is 54.1 Å². The van der Waals surface area contributed by atoms with Crippen molar-refractivity contribution >= 4 is 5.96 Å². The quantitative estimate of drug-likeness (QED) is 0.471. The van der Waals surface area contributed by atoms with Crippen molar-refractivity contribution in [2.75, 3.05) is 26.2 Å². The van der Waals surface area contributed by atoms with Crippen LogP contribution in [0.4, 0.5) is 0 Å². The van der Waals surface area contributed by atoms with Gasteiger partial charge in [-0.25, -0.2) is 4.98 Å². The fraction of sp³-hybridized carbons (Fsp3) is 0.524. The van der Waals surface area contributed by atoms with Crippen molar-refractivity contribution in [2.24, 2.45) is 4.99 Å². The third-order valence-electron chi connectivity index (χ3n) is 5.09. The lowest BCUT2D eigenvalue weighted by atomic mass is 9.99. The van der Waals surface area contributed by atoms with E-state index in [0.29, 0.717) is 5.92 Å². The van der Waals surface area contributed by atoms with E-state index in [1.807, 2.05) is 6.20 Å². The van der Waals surface area contributed by atoms with Crippen molar-refractivity contribution in [1.82, 2.24) is 19.8 Å². The van der Waals surface area contributed by atoms with Crippen LogP contribution in [0.15, 0.2) is 47.7 Å². The molecule has 1 fully saturated rings. The van der Waals surface area contributed by atoms with Gasteiger partial charge in [0, 0.05) is 51.0 Å². The highest BCUT2D eigenvalue weighted by Gasteiger charge is 2.25. The molecule has 2 heterocycles. The summed E-state index contributed by atoms with van der Waals surface area (Å²) in [5, 5.41) is 3.47. The van der Waals surface area contributed by atoms with Gasteiger partial charge < -0.3 is 14.8 Å². The number of imidazole rings is 1. The van der Waals surface area contributed by atoms with Gasteiger partial charge >= 0.3 is 0 Å². The first-order valence-electron chi connectivity index (χ1n) is 9.84. The summed E-state index contributed by atoms with van der Waals surface area (Å²) >= 11 is 0. The molecular weight excluding hydrogens is 322 g/mol. The number of benzene rings is 1. The first-order valence-corrected chi connectivity index (χ1v) is 9.84. The molecule has 0 bridgehead atoms. The number of hydrogen-bond donors (Lipinski definition) is 1. The van der Waals surface area contributed by atoms with Crippen molar-refractivity contribution in [1.29, 1.82) is 0 Å². The predicted molar refractivity (Wildman–Crippen MR) is 108 cm³/mol. The minimum absolute atomic E-state index is 0.615. The predicted octanol–water partition coefficient (Wildman–Crippen LogP) is 3.43. The Morgan fingerprint density at radius 3 is 2.85 bits per heavy atom. The topological polar surface area (TPSA) is 45.5 Å². The highest BCUT2D eigenvalue weighted by Crippen LogP contribution is 2.26. The molecule has 2 aromatic rings. The molecule has 1 unspecified atom stereocenters. The van der Waals surface area contributed by atoms with E-state index in [2.05, 4.69) is 70.1 Å². The van der Waals surface area contributed by atoms with Crippen LogP contribution in [-0.4, -0.2) is 46.6 Å². The lowest BCUT2D eigenvalue weighted by Crippen LogP contribution is -2.40. The second-order valence-electron chi connectivity index (χ2n) is 6.95. The average molecular weight is 354 g/mol. The standard InChI is InChI=1S/C21H31N5/c1-3-22-21(24-12-7-8-14-25-16-13-23-18(25)2)26-15-11-20(17-26)19-9-5-4-6-10-19/h4-6,9-10,13,16,20H,3,7-8,11-12,14-15,17H2,1-2H3,(H,22,24). The molecule has 3 rings (SSSR count). The van der Waals surface area contributed by atoms with Crippen molar-refractivity contribution in [3.63, 3.8) is 0 Å². The number of guanidine groups is 1. The lowest BCUT2D eigenvalue weighted by Gasteiger charge is -2.21. The summed E-state index contributed by atoms with van der Waals surface area (Å²) < 4.78 is 2.21. The molecule has 1 aromatic heterocycles. The molecule has 1 aliphatic rings. The minimum Gasteiger partial charge on any atom is -0.357 e. The number of nitrogens with zero attached hydrogens (tertiary/aromatic N) is 4. The van der Waals surface area contributed by atoms with Crippen LogP contribution in [0, 0.1) is 6.92 Å². The highest BCUT2D eigenvalue weighted by atomic mass is 15.3. The number of hydrogen-bond acceptors (Lipinski definition) is 2. The summed E-state index contributed by atoms with van der Waals surface area (Å²) in [7, 11) is 0. The zero-order valence-corrected chi connectivity index (χ0v) is 16.1. The minimum atomic E-state index is 0.615. The van der Waals surface area contributed by atoms with Gasteiger partial charge in [-0.2, -0.15) is 0 Å². The molecule has 0 aliphatic carbocycles. The summed E-state index contributed by atoms with van der Waals surface area (Å²) in [6.07, 6.45) is 7.35. The molecule has 1 aromatic carbocycles. The monoisotopic (exact) mass is 353 g/mol. The normalized spacial score (nSPS) is 17.7. The number of unbranched alkanes of at least 4 members (excludes halogenated alkanes) is 1. The third kappa shape index (κ3) is 4.87. The van der Waals surface area contributed by atoms with E-state index in [0.717, 1.165) is 57.3 Å². The molecule has 5 nitrogen and oxygen atoms in total. The van der Waals surface area contributed by atoms with E-state index in [4.69, 9.17) is 4.99 Å². The summed E-state index contributed by atoms with van der Waals surface area (Å²) in [6, 6.07) is 10.9. The lowest BCUT2D eigenvalue weighted by molar-refractivity contribution is 0.484. The highest BCUT2D eigenvalue weighted by molar-refractivity contribution is 5.80. The van der Waals surface area contributed by atoms with Crippen LogP contribution in [0.3, 0.4) is 0 Å². The van der Waals surface area contributed by atoms with Crippen LogP contribution in [0.1, 0.15) is 43.5 Å². The third-order valence-corrected chi connectivity index (χ3v) is 5.09. The maximum absolute atomic E-state index is 4.87. The van der Waals surface area contributed by atoms with Gasteiger partial charge in [0.15, 0.2) is 5.96 Å². The Balaban J connectivity index is 1.48. The molecule has 5 heteroatoms. The Morgan fingerprint density at radius 2 is 2.12 bits per heavy atom. The second-order valence-corrected chi connectivity index (χ2v) is 6.95. The van der Waals surface area contributed by atoms with Crippen LogP contribution in [-0.2, 0) is 6.54 Å². The van der Waals surface area contributed by atoms with Gasteiger partial charge in [-0.1, -0.05) is 30.3 Å². The van der Waals surface area contributed by atoms with Gasteiger partial charge in [-0.3, -0.25) is 4.99 Å². The smallest absolute Gasteiger partial charge is 0.193 e. The van der Waals surface area contributed by atoms with Crippen LogP contribution in [0.2, 0.25) is 0 Å². The van der Waals surface area contributed by atoms with Gasteiger partial charge in [0.2, 0.25) is 0 Å². The summed E-state index contributed by atoms with van der Waals surface area (Å²) in [5.74, 6) is 2.78. The number of likely N-dealkylation sites (tertiary alicyclic amines) is 1. The average Bonchev–Trinajstić information content (AvgIpc) is 3.31. The molecule has 1 saturated heterocycles. The Kier molecular flexibility index (Phi) is 6.69. The first kappa shape index (κ1) is 18.5. The Labute approximate surface area is 157 Å². The summed E-state index contributed by atoms with van der Waals surface area (Å²) in [5.41, 5.74) is 1.45. The number of aromatic nitrogens is 2. The van der Waals surface area contributed by atoms with Gasteiger partial charge in [0.05, 0.1) is 0 Å². The van der Waals surface area contributed by atoms with Crippen molar-refractivity contribution in [2.45, 2.75) is 45.6 Å². The van der Waals surface area contributed by atoms with E-state index < -0.39 is 0 Å². The van der Waals surface area contributed by atoms with Crippen LogP contribution >= 0.6 is 0 Å². The molecule has 1 aliphatic heterocycles.